The lowest BCUT2D eigenvalue weighted by molar-refractivity contribution is -0.143. The first-order valence-electron chi connectivity index (χ1n) is 9.82. The van der Waals surface area contributed by atoms with Crippen LogP contribution in [0.4, 0.5) is 4.39 Å². The van der Waals surface area contributed by atoms with Crippen LogP contribution in [0, 0.1) is 11.7 Å². The Balaban J connectivity index is 1.79. The van der Waals surface area contributed by atoms with E-state index in [-0.39, 0.29) is 29.7 Å². The molecule has 1 aliphatic carbocycles. The number of esters is 1. The number of Topliss-reactive ketones (excluding diaryl/α,β-unsaturated/α-hetero) is 1. The lowest BCUT2D eigenvalue weighted by Crippen LogP contribution is -2.37. The zero-order valence-corrected chi connectivity index (χ0v) is 16.8. The van der Waals surface area contributed by atoms with Crippen LogP contribution in [0.25, 0.3) is 0 Å². The number of rotatable bonds is 3. The molecule has 4 rings (SSSR count). The Labute approximate surface area is 173 Å². The SMILES string of the molecule is COC(=O)C1C(C)=NC2=C(C(=O)C[C@@H](c3ccc(F)cc3)C2)[C@H]1c1ccc(O)cc1. The summed E-state index contributed by atoms with van der Waals surface area (Å²) >= 11 is 0. The van der Waals surface area contributed by atoms with Gasteiger partial charge in [0.1, 0.15) is 17.5 Å². The lowest BCUT2D eigenvalue weighted by atomic mass is 9.69. The molecule has 154 valence electrons. The summed E-state index contributed by atoms with van der Waals surface area (Å²) in [6, 6.07) is 12.7. The van der Waals surface area contributed by atoms with Crippen LogP contribution >= 0.6 is 0 Å². The number of aromatic hydroxyl groups is 1. The summed E-state index contributed by atoms with van der Waals surface area (Å²) in [5.41, 5.74) is 3.42. The molecule has 2 aromatic carbocycles. The van der Waals surface area contributed by atoms with Gasteiger partial charge in [-0.15, -0.1) is 0 Å². The quantitative estimate of drug-likeness (QED) is 0.771. The van der Waals surface area contributed by atoms with Crippen LogP contribution < -0.4 is 0 Å². The average molecular weight is 407 g/mol. The standard InChI is InChI=1S/C24H22FNO4/c1-13-21(24(29)30-2)22(15-5-9-18(27)10-6-15)23-19(26-13)11-16(12-20(23)28)14-3-7-17(25)8-4-14/h3-10,16,21-22,27H,11-12H2,1-2H3/t16-,21?,22-/m0/s1. The molecule has 1 N–H and O–H groups in total. The fraction of sp³-hybridized carbons (Fsp3) is 0.292. The van der Waals surface area contributed by atoms with Gasteiger partial charge in [-0.1, -0.05) is 24.3 Å². The Morgan fingerprint density at radius 1 is 1.07 bits per heavy atom. The van der Waals surface area contributed by atoms with E-state index in [1.165, 1.54) is 19.2 Å². The van der Waals surface area contributed by atoms with Crippen molar-refractivity contribution >= 4 is 17.5 Å². The summed E-state index contributed by atoms with van der Waals surface area (Å²) in [4.78, 5) is 30.5. The van der Waals surface area contributed by atoms with E-state index in [4.69, 9.17) is 4.74 Å². The van der Waals surface area contributed by atoms with Crippen molar-refractivity contribution in [1.29, 1.82) is 0 Å². The number of hydrogen-bond donors (Lipinski definition) is 1. The molecular formula is C24H22FNO4. The van der Waals surface area contributed by atoms with Gasteiger partial charge in [0.05, 0.1) is 7.11 Å². The van der Waals surface area contributed by atoms with Crippen LogP contribution in [-0.4, -0.2) is 29.7 Å². The number of carbonyl (C=O) groups is 2. The van der Waals surface area contributed by atoms with Gasteiger partial charge in [0.15, 0.2) is 5.78 Å². The van der Waals surface area contributed by atoms with E-state index < -0.39 is 17.8 Å². The van der Waals surface area contributed by atoms with E-state index in [1.807, 2.05) is 0 Å². The minimum atomic E-state index is -0.704. The third-order valence-corrected chi connectivity index (χ3v) is 5.94. The minimum absolute atomic E-state index is 0.0752. The maximum atomic E-state index is 13.3. The van der Waals surface area contributed by atoms with E-state index in [0.717, 1.165) is 11.1 Å². The fourth-order valence-corrected chi connectivity index (χ4v) is 4.50. The molecule has 0 saturated carbocycles. The number of phenolic OH excluding ortho intramolecular Hbond substituents is 1. The Morgan fingerprint density at radius 2 is 1.70 bits per heavy atom. The Morgan fingerprint density at radius 3 is 2.33 bits per heavy atom. The van der Waals surface area contributed by atoms with E-state index in [0.29, 0.717) is 23.4 Å². The smallest absolute Gasteiger partial charge is 0.315 e. The largest absolute Gasteiger partial charge is 0.508 e. The van der Waals surface area contributed by atoms with Gasteiger partial charge in [-0.2, -0.15) is 0 Å². The van der Waals surface area contributed by atoms with Crippen molar-refractivity contribution in [3.05, 3.63) is 76.7 Å². The van der Waals surface area contributed by atoms with E-state index in [1.54, 1.807) is 43.3 Å². The maximum absolute atomic E-state index is 13.3. The monoisotopic (exact) mass is 407 g/mol. The average Bonchev–Trinajstić information content (AvgIpc) is 2.73. The highest BCUT2D eigenvalue weighted by molar-refractivity contribution is 6.09. The summed E-state index contributed by atoms with van der Waals surface area (Å²) < 4.78 is 18.3. The normalized spacial score (nSPS) is 23.6. The molecule has 0 amide bonds. The minimum Gasteiger partial charge on any atom is -0.508 e. The van der Waals surface area contributed by atoms with Crippen LogP contribution in [0.15, 0.2) is 64.8 Å². The third kappa shape index (κ3) is 3.54. The first kappa shape index (κ1) is 20.0. The van der Waals surface area contributed by atoms with Gasteiger partial charge in [-0.05, 0) is 54.7 Å². The van der Waals surface area contributed by atoms with Crippen LogP contribution in [0.3, 0.4) is 0 Å². The number of allylic oxidation sites excluding steroid dienone is 2. The summed E-state index contributed by atoms with van der Waals surface area (Å²) in [5, 5.41) is 9.67. The second-order valence-corrected chi connectivity index (χ2v) is 7.76. The molecule has 2 aromatic rings. The summed E-state index contributed by atoms with van der Waals surface area (Å²) in [5.74, 6) is -2.06. The Bertz CT molecular complexity index is 1050. The predicted octanol–water partition coefficient (Wildman–Crippen LogP) is 4.28. The molecule has 1 unspecified atom stereocenters. The van der Waals surface area contributed by atoms with Crippen molar-refractivity contribution < 1.29 is 23.8 Å². The van der Waals surface area contributed by atoms with E-state index in [9.17, 15) is 19.1 Å². The molecule has 0 bridgehead atoms. The molecule has 0 fully saturated rings. The molecule has 0 radical (unpaired) electrons. The number of benzene rings is 2. The number of aliphatic imine (C=N–C) groups is 1. The van der Waals surface area contributed by atoms with Crippen LogP contribution in [0.2, 0.25) is 0 Å². The van der Waals surface area contributed by atoms with Crippen molar-refractivity contribution in [3.63, 3.8) is 0 Å². The number of phenols is 1. The maximum Gasteiger partial charge on any atom is 0.315 e. The zero-order chi connectivity index (χ0) is 21.4. The van der Waals surface area contributed by atoms with Crippen molar-refractivity contribution in [3.8, 4) is 5.75 Å². The lowest BCUT2D eigenvalue weighted by Gasteiger charge is -2.36. The molecule has 1 aliphatic heterocycles. The van der Waals surface area contributed by atoms with Crippen molar-refractivity contribution in [2.45, 2.75) is 31.6 Å². The third-order valence-electron chi connectivity index (χ3n) is 5.94. The first-order valence-corrected chi connectivity index (χ1v) is 9.82. The molecule has 0 aromatic heterocycles. The predicted molar refractivity (Wildman–Crippen MR) is 110 cm³/mol. The second kappa shape index (κ2) is 7.86. The molecule has 5 nitrogen and oxygen atoms in total. The highest BCUT2D eigenvalue weighted by Gasteiger charge is 2.44. The van der Waals surface area contributed by atoms with Gasteiger partial charge < -0.3 is 9.84 Å². The number of hydrogen-bond acceptors (Lipinski definition) is 5. The van der Waals surface area contributed by atoms with Crippen LogP contribution in [0.5, 0.6) is 5.75 Å². The molecular weight excluding hydrogens is 385 g/mol. The summed E-state index contributed by atoms with van der Waals surface area (Å²) in [6.07, 6.45) is 0.800. The van der Waals surface area contributed by atoms with Crippen LogP contribution in [-0.2, 0) is 14.3 Å². The van der Waals surface area contributed by atoms with Crippen molar-refractivity contribution in [2.75, 3.05) is 7.11 Å². The number of nitrogens with zero attached hydrogens (tertiary/aromatic N) is 1. The number of ether oxygens (including phenoxy) is 1. The first-order chi connectivity index (χ1) is 14.4. The molecule has 2 aliphatic rings. The molecule has 6 heteroatoms. The second-order valence-electron chi connectivity index (χ2n) is 7.76. The van der Waals surface area contributed by atoms with Gasteiger partial charge in [0.25, 0.3) is 0 Å². The van der Waals surface area contributed by atoms with Crippen molar-refractivity contribution in [2.24, 2.45) is 10.9 Å². The Kier molecular flexibility index (Phi) is 5.24. The summed E-state index contributed by atoms with van der Waals surface area (Å²) in [6.45, 7) is 1.77. The molecule has 3 atom stereocenters. The number of carbonyl (C=O) groups excluding carboxylic acids is 2. The number of methoxy groups -OCH3 is 1. The number of ketones is 1. The van der Waals surface area contributed by atoms with Gasteiger partial charge in [0, 0.05) is 29.3 Å². The van der Waals surface area contributed by atoms with E-state index in [2.05, 4.69) is 4.99 Å². The van der Waals surface area contributed by atoms with Gasteiger partial charge in [0.2, 0.25) is 0 Å². The van der Waals surface area contributed by atoms with Gasteiger partial charge in [-0.3, -0.25) is 14.6 Å². The van der Waals surface area contributed by atoms with Crippen molar-refractivity contribution in [1.82, 2.24) is 0 Å². The fourth-order valence-electron chi connectivity index (χ4n) is 4.50. The topological polar surface area (TPSA) is 76.0 Å². The zero-order valence-electron chi connectivity index (χ0n) is 16.8. The highest BCUT2D eigenvalue weighted by atomic mass is 19.1. The number of halogens is 1. The molecule has 30 heavy (non-hydrogen) atoms. The van der Waals surface area contributed by atoms with Crippen LogP contribution in [0.1, 0.15) is 42.7 Å². The summed E-state index contributed by atoms with van der Waals surface area (Å²) in [7, 11) is 1.32. The molecule has 0 saturated heterocycles. The van der Waals surface area contributed by atoms with Gasteiger partial charge >= 0.3 is 5.97 Å². The highest BCUT2D eigenvalue weighted by Crippen LogP contribution is 2.46. The van der Waals surface area contributed by atoms with Gasteiger partial charge in [-0.25, -0.2) is 4.39 Å². The Hall–Kier alpha value is -3.28. The van der Waals surface area contributed by atoms with E-state index >= 15 is 0 Å². The molecule has 1 heterocycles. The molecule has 0 spiro atoms.